The maximum Gasteiger partial charge on any atom is 0.254 e. The Morgan fingerprint density at radius 2 is 1.72 bits per heavy atom. The first-order valence-electron chi connectivity index (χ1n) is 10.9. The van der Waals surface area contributed by atoms with E-state index in [1.807, 2.05) is 79.5 Å². The highest BCUT2D eigenvalue weighted by molar-refractivity contribution is 5.96. The van der Waals surface area contributed by atoms with E-state index in [1.54, 1.807) is 24.1 Å². The molecule has 0 spiro atoms. The Hall–Kier alpha value is -3.54. The van der Waals surface area contributed by atoms with Gasteiger partial charge in [-0.15, -0.1) is 0 Å². The van der Waals surface area contributed by atoms with Gasteiger partial charge in [-0.3, -0.25) is 9.59 Å². The summed E-state index contributed by atoms with van der Waals surface area (Å²) in [4.78, 5) is 30.3. The number of amides is 2. The Kier molecular flexibility index (Phi) is 6.30. The number of hydrogen-bond acceptors (Lipinski definition) is 3. The number of ether oxygens (including phenoxy) is 1. The summed E-state index contributed by atoms with van der Waals surface area (Å²) in [6.07, 6.45) is 2.04. The lowest BCUT2D eigenvalue weighted by atomic mass is 9.98. The monoisotopic (exact) mass is 431 g/mol. The van der Waals surface area contributed by atoms with Crippen LogP contribution in [0.5, 0.6) is 5.75 Å². The maximum atomic E-state index is 13.6. The lowest BCUT2D eigenvalue weighted by Gasteiger charge is -2.39. The fourth-order valence-electron chi connectivity index (χ4n) is 4.34. The smallest absolute Gasteiger partial charge is 0.254 e. The Labute approximate surface area is 189 Å². The number of carbonyl (C=O) groups is 2. The molecule has 1 atom stereocenters. The molecule has 0 aliphatic carbocycles. The summed E-state index contributed by atoms with van der Waals surface area (Å²) in [7, 11) is 1.64. The number of fused-ring (bicyclic) bond motifs is 1. The van der Waals surface area contributed by atoms with Gasteiger partial charge in [0.05, 0.1) is 7.11 Å². The molecule has 4 rings (SSSR count). The number of rotatable bonds is 6. The highest BCUT2D eigenvalue weighted by Crippen LogP contribution is 2.37. The Morgan fingerprint density at radius 3 is 2.44 bits per heavy atom. The van der Waals surface area contributed by atoms with E-state index in [0.29, 0.717) is 18.7 Å². The Bertz CT molecular complexity index is 1090. The predicted molar refractivity (Wildman–Crippen MR) is 124 cm³/mol. The highest BCUT2D eigenvalue weighted by Gasteiger charge is 2.35. The molecule has 6 nitrogen and oxygen atoms in total. The second-order valence-corrected chi connectivity index (χ2v) is 8.25. The van der Waals surface area contributed by atoms with Crippen molar-refractivity contribution in [3.63, 3.8) is 0 Å². The highest BCUT2D eigenvalue weighted by atomic mass is 16.5. The van der Waals surface area contributed by atoms with E-state index in [2.05, 4.69) is 4.57 Å². The zero-order chi connectivity index (χ0) is 22.7. The summed E-state index contributed by atoms with van der Waals surface area (Å²) in [5.74, 6) is 0.528. The van der Waals surface area contributed by atoms with Gasteiger partial charge in [0, 0.05) is 42.1 Å². The van der Waals surface area contributed by atoms with E-state index in [4.69, 9.17) is 4.74 Å². The topological polar surface area (TPSA) is 54.8 Å². The minimum Gasteiger partial charge on any atom is -0.496 e. The molecule has 1 aliphatic heterocycles. The third-order valence-electron chi connectivity index (χ3n) is 6.00. The number of methoxy groups -OCH3 is 1. The van der Waals surface area contributed by atoms with Crippen LogP contribution in [0.2, 0.25) is 0 Å². The van der Waals surface area contributed by atoms with Gasteiger partial charge in [0.15, 0.2) is 0 Å². The van der Waals surface area contributed by atoms with Crippen LogP contribution in [-0.4, -0.2) is 52.4 Å². The second-order valence-electron chi connectivity index (χ2n) is 8.25. The van der Waals surface area contributed by atoms with Crippen molar-refractivity contribution in [2.75, 3.05) is 20.2 Å². The number of benzene rings is 2. The third kappa shape index (κ3) is 4.13. The second kappa shape index (κ2) is 9.30. The lowest BCUT2D eigenvalue weighted by molar-refractivity contribution is -0.135. The van der Waals surface area contributed by atoms with Gasteiger partial charge in [-0.05, 0) is 44.2 Å². The summed E-state index contributed by atoms with van der Waals surface area (Å²) >= 11 is 0. The average Bonchev–Trinajstić information content (AvgIpc) is 3.30. The van der Waals surface area contributed by atoms with Gasteiger partial charge in [0.2, 0.25) is 5.91 Å². The van der Waals surface area contributed by atoms with Crippen LogP contribution in [-0.2, 0) is 11.3 Å². The minimum atomic E-state index is -0.275. The van der Waals surface area contributed by atoms with Crippen molar-refractivity contribution < 1.29 is 14.3 Å². The van der Waals surface area contributed by atoms with Crippen molar-refractivity contribution >= 4 is 11.8 Å². The van der Waals surface area contributed by atoms with Crippen LogP contribution in [0.15, 0.2) is 72.9 Å². The quantitative estimate of drug-likeness (QED) is 0.593. The number of nitrogens with zero attached hydrogens (tertiary/aromatic N) is 3. The molecule has 166 valence electrons. The molecule has 0 saturated heterocycles. The molecular formula is C26H29N3O3. The molecule has 1 unspecified atom stereocenters. The van der Waals surface area contributed by atoms with E-state index in [0.717, 1.165) is 17.0 Å². The summed E-state index contributed by atoms with van der Waals surface area (Å²) in [6.45, 7) is 5.18. The molecule has 1 aromatic heterocycles. The van der Waals surface area contributed by atoms with Crippen LogP contribution >= 0.6 is 0 Å². The minimum absolute atomic E-state index is 0.0255. The first-order valence-corrected chi connectivity index (χ1v) is 10.9. The zero-order valence-corrected chi connectivity index (χ0v) is 18.8. The van der Waals surface area contributed by atoms with E-state index >= 15 is 0 Å². The fourth-order valence-corrected chi connectivity index (χ4v) is 4.34. The number of hydrogen-bond donors (Lipinski definition) is 0. The lowest BCUT2D eigenvalue weighted by Crippen LogP contribution is -2.49. The third-order valence-corrected chi connectivity index (χ3v) is 6.00. The standard InChI is InChI=1S/C26H29N3O3/c1-19(2)29(26(31)20-10-5-4-6-11-20)18-24(30)28-17-16-27-15-9-13-22(27)25(28)21-12-7-8-14-23(21)32-3/h4-15,19,25H,16-18H2,1-3H3. The number of carbonyl (C=O) groups excluding carboxylic acids is 2. The average molecular weight is 432 g/mol. The van der Waals surface area contributed by atoms with Crippen molar-refractivity contribution in [2.45, 2.75) is 32.5 Å². The van der Waals surface area contributed by atoms with Crippen LogP contribution in [0.1, 0.15) is 41.5 Å². The van der Waals surface area contributed by atoms with Crippen LogP contribution in [0.25, 0.3) is 0 Å². The predicted octanol–water partition coefficient (Wildman–Crippen LogP) is 3.98. The van der Waals surface area contributed by atoms with Gasteiger partial charge in [-0.2, -0.15) is 0 Å². The van der Waals surface area contributed by atoms with Gasteiger partial charge in [0.25, 0.3) is 5.91 Å². The zero-order valence-electron chi connectivity index (χ0n) is 18.8. The van der Waals surface area contributed by atoms with E-state index in [-0.39, 0.29) is 30.4 Å². The Balaban J connectivity index is 1.66. The SMILES string of the molecule is COc1ccccc1C1c2cccn2CCN1C(=O)CN(C(=O)c1ccccc1)C(C)C. The molecule has 6 heteroatoms. The van der Waals surface area contributed by atoms with Crippen molar-refractivity contribution in [2.24, 2.45) is 0 Å². The van der Waals surface area contributed by atoms with Crippen LogP contribution in [0.4, 0.5) is 0 Å². The molecule has 2 amide bonds. The molecule has 0 bridgehead atoms. The van der Waals surface area contributed by atoms with Crippen LogP contribution in [0.3, 0.4) is 0 Å². The van der Waals surface area contributed by atoms with E-state index in [1.165, 1.54) is 0 Å². The summed E-state index contributed by atoms with van der Waals surface area (Å²) in [6, 6.07) is 20.6. The molecule has 0 saturated carbocycles. The van der Waals surface area contributed by atoms with Gasteiger partial charge < -0.3 is 19.1 Å². The molecule has 0 fully saturated rings. The largest absolute Gasteiger partial charge is 0.496 e. The first-order chi connectivity index (χ1) is 15.5. The van der Waals surface area contributed by atoms with Crippen molar-refractivity contribution in [3.8, 4) is 5.75 Å². The van der Waals surface area contributed by atoms with E-state index in [9.17, 15) is 9.59 Å². The summed E-state index contributed by atoms with van der Waals surface area (Å²) in [5.41, 5.74) is 2.57. The van der Waals surface area contributed by atoms with Crippen molar-refractivity contribution in [1.29, 1.82) is 0 Å². The van der Waals surface area contributed by atoms with Gasteiger partial charge in [0.1, 0.15) is 18.3 Å². The van der Waals surface area contributed by atoms with Crippen LogP contribution in [0, 0.1) is 0 Å². The van der Waals surface area contributed by atoms with E-state index < -0.39 is 0 Å². The Morgan fingerprint density at radius 1 is 1.00 bits per heavy atom. The van der Waals surface area contributed by atoms with Gasteiger partial charge in [-0.25, -0.2) is 0 Å². The maximum absolute atomic E-state index is 13.6. The summed E-state index contributed by atoms with van der Waals surface area (Å²) < 4.78 is 7.80. The first kappa shape index (κ1) is 21.7. The molecule has 0 N–H and O–H groups in total. The van der Waals surface area contributed by atoms with Crippen molar-refractivity contribution in [3.05, 3.63) is 89.7 Å². The number of para-hydroxylation sites is 1. The molecule has 2 heterocycles. The molecule has 32 heavy (non-hydrogen) atoms. The fraction of sp³-hybridized carbons (Fsp3) is 0.308. The van der Waals surface area contributed by atoms with Gasteiger partial charge in [-0.1, -0.05) is 36.4 Å². The normalized spacial score (nSPS) is 15.4. The van der Waals surface area contributed by atoms with Crippen LogP contribution < -0.4 is 4.74 Å². The molecule has 3 aromatic rings. The number of aromatic nitrogens is 1. The molecule has 2 aromatic carbocycles. The molecule has 1 aliphatic rings. The van der Waals surface area contributed by atoms with Gasteiger partial charge >= 0.3 is 0 Å². The van der Waals surface area contributed by atoms with Crippen molar-refractivity contribution in [1.82, 2.24) is 14.4 Å². The molecule has 0 radical (unpaired) electrons. The summed E-state index contributed by atoms with van der Waals surface area (Å²) in [5, 5.41) is 0. The molecular weight excluding hydrogens is 402 g/mol.